The molecule has 2 amide bonds. The lowest BCUT2D eigenvalue weighted by atomic mass is 9.84. The number of benzene rings is 2. The van der Waals surface area contributed by atoms with Crippen LogP contribution in [0.25, 0.3) is 0 Å². The second kappa shape index (κ2) is 14.4. The lowest BCUT2D eigenvalue weighted by Gasteiger charge is -2.30. The zero-order valence-electron chi connectivity index (χ0n) is 23.7. The summed E-state index contributed by atoms with van der Waals surface area (Å²) in [6.07, 6.45) is 8.08. The molecule has 0 unspecified atom stereocenters. The Morgan fingerprint density at radius 3 is 2.28 bits per heavy atom. The predicted octanol–water partition coefficient (Wildman–Crippen LogP) is 5.09. The van der Waals surface area contributed by atoms with Crippen molar-refractivity contribution in [2.75, 3.05) is 19.6 Å². The van der Waals surface area contributed by atoms with E-state index in [0.29, 0.717) is 12.5 Å². The third-order valence-electron chi connectivity index (χ3n) is 8.39. The summed E-state index contributed by atoms with van der Waals surface area (Å²) in [6, 6.07) is 16.3. The third-order valence-corrected chi connectivity index (χ3v) is 8.39. The van der Waals surface area contributed by atoms with Gasteiger partial charge >= 0.3 is 0 Å². The summed E-state index contributed by atoms with van der Waals surface area (Å²) >= 11 is 0. The van der Waals surface area contributed by atoms with Crippen LogP contribution in [0.1, 0.15) is 85.8 Å². The maximum atomic E-state index is 12.4. The number of nitrogens with zero attached hydrogens (tertiary/aromatic N) is 1. The summed E-state index contributed by atoms with van der Waals surface area (Å²) in [5.41, 5.74) is 4.64. The molecule has 0 saturated heterocycles. The molecule has 210 valence electrons. The minimum atomic E-state index is -0.0844. The monoisotopic (exact) mass is 531 g/mol. The van der Waals surface area contributed by atoms with Crippen LogP contribution in [0.2, 0.25) is 0 Å². The van der Waals surface area contributed by atoms with Gasteiger partial charge in [0.25, 0.3) is 0 Å². The van der Waals surface area contributed by atoms with Crippen LogP contribution in [0.15, 0.2) is 48.5 Å². The Balaban J connectivity index is 1.10. The molecule has 0 aromatic heterocycles. The molecule has 0 radical (unpaired) electrons. The Morgan fingerprint density at radius 1 is 0.872 bits per heavy atom. The fourth-order valence-electron chi connectivity index (χ4n) is 5.85. The van der Waals surface area contributed by atoms with Gasteiger partial charge in [0, 0.05) is 50.0 Å². The van der Waals surface area contributed by atoms with E-state index in [9.17, 15) is 14.4 Å². The van der Waals surface area contributed by atoms with E-state index in [4.69, 9.17) is 0 Å². The van der Waals surface area contributed by atoms with E-state index in [1.54, 1.807) is 0 Å². The Morgan fingerprint density at radius 2 is 1.56 bits per heavy atom. The highest BCUT2D eigenvalue weighted by Gasteiger charge is 2.24. The second-order valence-corrected chi connectivity index (χ2v) is 11.7. The largest absolute Gasteiger partial charge is 0.353 e. The Hall–Kier alpha value is -2.99. The molecule has 2 aliphatic rings. The van der Waals surface area contributed by atoms with Gasteiger partial charge in [-0.2, -0.15) is 0 Å². The van der Waals surface area contributed by atoms with Crippen LogP contribution >= 0.6 is 0 Å². The quantitative estimate of drug-likeness (QED) is 0.396. The van der Waals surface area contributed by atoms with Crippen LogP contribution in [-0.4, -0.2) is 48.2 Å². The summed E-state index contributed by atoms with van der Waals surface area (Å²) in [6.45, 7) is 7.67. The van der Waals surface area contributed by atoms with E-state index in [-0.39, 0.29) is 42.4 Å². The molecule has 6 heteroatoms. The number of ketones is 1. The van der Waals surface area contributed by atoms with E-state index < -0.39 is 0 Å². The van der Waals surface area contributed by atoms with Gasteiger partial charge in [-0.25, -0.2) is 0 Å². The summed E-state index contributed by atoms with van der Waals surface area (Å²) in [5, 5.41) is 6.05. The standard InChI is InChI=1S/C33H45N3O3/c1-24(2)33(39)29-11-10-27-17-20-36(21-18-28(27)22-29)19-16-25-8-12-30(13-9-25)35-32(38)15-14-31(37)34-23-26-6-4-3-5-7-26/h3-7,10-11,22,24-25,30H,8-9,12-21,23H2,1-2H3,(H,34,37)(H,35,38)/t25-,30-. The Bertz CT molecular complexity index is 1110. The molecular formula is C33H45N3O3. The minimum Gasteiger partial charge on any atom is -0.353 e. The number of amides is 2. The fourth-order valence-corrected chi connectivity index (χ4v) is 5.85. The van der Waals surface area contributed by atoms with Crippen LogP contribution in [-0.2, 0) is 29.0 Å². The van der Waals surface area contributed by atoms with Gasteiger partial charge in [-0.3, -0.25) is 14.4 Å². The number of carbonyl (C=O) groups excluding carboxylic acids is 3. The van der Waals surface area contributed by atoms with Gasteiger partial charge in [-0.05, 0) is 80.2 Å². The van der Waals surface area contributed by atoms with E-state index in [1.807, 2.05) is 50.2 Å². The van der Waals surface area contributed by atoms with Gasteiger partial charge in [0.1, 0.15) is 0 Å². The molecule has 0 atom stereocenters. The molecular weight excluding hydrogens is 486 g/mol. The van der Waals surface area contributed by atoms with Gasteiger partial charge in [-0.15, -0.1) is 0 Å². The first kappa shape index (κ1) is 29.0. The first-order valence-electron chi connectivity index (χ1n) is 14.9. The highest BCUT2D eigenvalue weighted by molar-refractivity contribution is 5.97. The molecule has 1 aliphatic heterocycles. The van der Waals surface area contributed by atoms with Gasteiger partial charge in [-0.1, -0.05) is 56.3 Å². The first-order chi connectivity index (χ1) is 18.9. The third kappa shape index (κ3) is 9.03. The normalized spacial score (nSPS) is 19.7. The van der Waals surface area contributed by atoms with Gasteiger partial charge in [0.15, 0.2) is 5.78 Å². The van der Waals surface area contributed by atoms with Crippen molar-refractivity contribution in [2.45, 2.75) is 84.2 Å². The topological polar surface area (TPSA) is 78.5 Å². The average Bonchev–Trinajstić information content (AvgIpc) is 3.16. The van der Waals surface area contributed by atoms with E-state index in [1.165, 1.54) is 17.5 Å². The van der Waals surface area contributed by atoms with Gasteiger partial charge in [0.2, 0.25) is 11.8 Å². The minimum absolute atomic E-state index is 0.0179. The molecule has 0 spiro atoms. The molecule has 39 heavy (non-hydrogen) atoms. The molecule has 1 fully saturated rings. The van der Waals surface area contributed by atoms with Crippen molar-refractivity contribution < 1.29 is 14.4 Å². The predicted molar refractivity (Wildman–Crippen MR) is 155 cm³/mol. The highest BCUT2D eigenvalue weighted by Crippen LogP contribution is 2.28. The fraction of sp³-hybridized carbons (Fsp3) is 0.545. The highest BCUT2D eigenvalue weighted by atomic mass is 16.2. The van der Waals surface area contributed by atoms with Crippen LogP contribution in [0.3, 0.4) is 0 Å². The smallest absolute Gasteiger partial charge is 0.220 e. The number of fused-ring (bicyclic) bond motifs is 1. The van der Waals surface area contributed by atoms with Crippen LogP contribution < -0.4 is 10.6 Å². The van der Waals surface area contributed by atoms with Gasteiger partial charge < -0.3 is 15.5 Å². The molecule has 1 aliphatic carbocycles. The zero-order valence-corrected chi connectivity index (χ0v) is 23.7. The molecule has 0 bridgehead atoms. The SMILES string of the molecule is CC(C)C(=O)c1ccc2c(c1)CCN(CC[C@H]1CC[C@H](NC(=O)CCC(=O)NCc3ccccc3)CC1)CC2. The van der Waals surface area contributed by atoms with Crippen molar-refractivity contribution in [3.8, 4) is 0 Å². The van der Waals surface area contributed by atoms with Gasteiger partial charge in [0.05, 0.1) is 0 Å². The van der Waals surface area contributed by atoms with Crippen molar-refractivity contribution in [1.29, 1.82) is 0 Å². The Labute approximate surface area is 233 Å². The average molecular weight is 532 g/mol. The molecule has 6 nitrogen and oxygen atoms in total. The van der Waals surface area contributed by atoms with Crippen molar-refractivity contribution in [3.63, 3.8) is 0 Å². The van der Waals surface area contributed by atoms with Crippen LogP contribution in [0.4, 0.5) is 0 Å². The maximum absolute atomic E-state index is 12.4. The number of rotatable bonds is 11. The lowest BCUT2D eigenvalue weighted by molar-refractivity contribution is -0.127. The van der Waals surface area contributed by atoms with Crippen LogP contribution in [0.5, 0.6) is 0 Å². The van der Waals surface area contributed by atoms with Crippen molar-refractivity contribution in [2.24, 2.45) is 11.8 Å². The maximum Gasteiger partial charge on any atom is 0.220 e. The number of Topliss-reactive ketones (excluding diaryl/α,β-unsaturated/α-hetero) is 1. The lowest BCUT2D eigenvalue weighted by Crippen LogP contribution is -2.38. The number of hydrogen-bond acceptors (Lipinski definition) is 4. The van der Waals surface area contributed by atoms with E-state index >= 15 is 0 Å². The Kier molecular flexibility index (Phi) is 10.7. The molecule has 4 rings (SSSR count). The zero-order chi connectivity index (χ0) is 27.6. The van der Waals surface area contributed by atoms with Crippen LogP contribution in [0, 0.1) is 11.8 Å². The van der Waals surface area contributed by atoms with Crippen molar-refractivity contribution in [1.82, 2.24) is 15.5 Å². The summed E-state index contributed by atoms with van der Waals surface area (Å²) < 4.78 is 0. The summed E-state index contributed by atoms with van der Waals surface area (Å²) in [4.78, 5) is 39.5. The molecule has 2 N–H and O–H groups in total. The van der Waals surface area contributed by atoms with E-state index in [0.717, 1.165) is 69.3 Å². The molecule has 2 aromatic carbocycles. The second-order valence-electron chi connectivity index (χ2n) is 11.7. The van der Waals surface area contributed by atoms with E-state index in [2.05, 4.69) is 27.7 Å². The number of hydrogen-bond donors (Lipinski definition) is 2. The van der Waals surface area contributed by atoms with Crippen molar-refractivity contribution >= 4 is 17.6 Å². The summed E-state index contributed by atoms with van der Waals surface area (Å²) in [7, 11) is 0. The summed E-state index contributed by atoms with van der Waals surface area (Å²) in [5.74, 6) is 0.873. The molecule has 1 saturated carbocycles. The molecule has 2 aromatic rings. The van der Waals surface area contributed by atoms with Crippen molar-refractivity contribution in [3.05, 3.63) is 70.8 Å². The molecule has 1 heterocycles. The first-order valence-corrected chi connectivity index (χ1v) is 14.9. The number of carbonyl (C=O) groups is 3. The number of nitrogens with one attached hydrogen (secondary N) is 2.